The average Bonchev–Trinajstić information content (AvgIpc) is 2.69. The van der Waals surface area contributed by atoms with Gasteiger partial charge in [0, 0.05) is 18.5 Å². The van der Waals surface area contributed by atoms with Crippen molar-refractivity contribution in [2.75, 3.05) is 6.54 Å². The molecule has 5 nitrogen and oxygen atoms in total. The molecule has 2 atom stereocenters. The van der Waals surface area contributed by atoms with Crippen molar-refractivity contribution < 1.29 is 17.6 Å². The van der Waals surface area contributed by atoms with Gasteiger partial charge in [0.1, 0.15) is 5.82 Å². The molecule has 0 saturated heterocycles. The van der Waals surface area contributed by atoms with E-state index in [-0.39, 0.29) is 22.6 Å². The van der Waals surface area contributed by atoms with E-state index >= 15 is 0 Å². The molecule has 0 aliphatic heterocycles. The van der Waals surface area contributed by atoms with E-state index in [1.54, 1.807) is 0 Å². The summed E-state index contributed by atoms with van der Waals surface area (Å²) in [5.41, 5.74) is 0. The van der Waals surface area contributed by atoms with Gasteiger partial charge >= 0.3 is 0 Å². The average molecular weight is 411 g/mol. The molecule has 7 heteroatoms. The molecule has 0 bridgehead atoms. The number of hydrogen-bond donors (Lipinski definition) is 2. The third-order valence-corrected chi connectivity index (χ3v) is 7.78. The lowest BCUT2D eigenvalue weighted by atomic mass is 9.80. The Hall–Kier alpha value is -1.47. The van der Waals surface area contributed by atoms with Gasteiger partial charge in [-0.2, -0.15) is 0 Å². The van der Waals surface area contributed by atoms with Crippen LogP contribution in [-0.2, 0) is 14.8 Å². The fourth-order valence-electron chi connectivity index (χ4n) is 4.38. The zero-order valence-corrected chi connectivity index (χ0v) is 17.3. The van der Waals surface area contributed by atoms with Crippen LogP contribution in [0.5, 0.6) is 0 Å². The largest absolute Gasteiger partial charge is 0.353 e. The van der Waals surface area contributed by atoms with Gasteiger partial charge in [-0.3, -0.25) is 4.79 Å². The SMILES string of the molecule is C[C@H]1CCCC[C@H]1NC(=O)C1CCC(CNS(=O)(=O)c2ccc(F)cc2)CC1. The van der Waals surface area contributed by atoms with Gasteiger partial charge in [0.05, 0.1) is 4.90 Å². The third kappa shape index (κ3) is 5.54. The van der Waals surface area contributed by atoms with Crippen molar-refractivity contribution in [1.82, 2.24) is 10.0 Å². The Kier molecular flexibility index (Phi) is 7.10. The summed E-state index contributed by atoms with van der Waals surface area (Å²) in [6.45, 7) is 2.57. The highest BCUT2D eigenvalue weighted by Crippen LogP contribution is 2.30. The monoisotopic (exact) mass is 410 g/mol. The zero-order chi connectivity index (χ0) is 20.1. The molecule has 1 amide bonds. The fourth-order valence-corrected chi connectivity index (χ4v) is 5.50. The molecule has 2 saturated carbocycles. The van der Waals surface area contributed by atoms with Crippen LogP contribution in [0.25, 0.3) is 0 Å². The molecule has 0 aromatic heterocycles. The summed E-state index contributed by atoms with van der Waals surface area (Å²) in [5, 5.41) is 3.25. The summed E-state index contributed by atoms with van der Waals surface area (Å²) in [6, 6.07) is 5.13. The molecule has 1 aromatic rings. The second-order valence-electron chi connectivity index (χ2n) is 8.40. The van der Waals surface area contributed by atoms with Gasteiger partial charge in [-0.1, -0.05) is 19.8 Å². The molecular formula is C21H31FN2O3S. The Morgan fingerprint density at radius 3 is 2.32 bits per heavy atom. The number of hydrogen-bond acceptors (Lipinski definition) is 3. The van der Waals surface area contributed by atoms with Crippen LogP contribution in [0.15, 0.2) is 29.2 Å². The van der Waals surface area contributed by atoms with E-state index in [0.29, 0.717) is 18.5 Å². The van der Waals surface area contributed by atoms with E-state index in [4.69, 9.17) is 0 Å². The number of nitrogens with one attached hydrogen (secondary N) is 2. The standard InChI is InChI=1S/C21H31FN2O3S/c1-15-4-2-3-5-20(15)24-21(25)17-8-6-16(7-9-17)14-23-28(26,27)19-12-10-18(22)11-13-19/h10-13,15-17,20,23H,2-9,14H2,1H3,(H,24,25)/t15-,16?,17?,20+/m0/s1. The number of rotatable bonds is 6. The topological polar surface area (TPSA) is 75.3 Å². The summed E-state index contributed by atoms with van der Waals surface area (Å²) in [4.78, 5) is 12.7. The number of halogens is 1. The first-order valence-corrected chi connectivity index (χ1v) is 11.9. The minimum Gasteiger partial charge on any atom is -0.353 e. The quantitative estimate of drug-likeness (QED) is 0.752. The van der Waals surface area contributed by atoms with E-state index in [1.165, 1.54) is 31.4 Å². The first-order valence-electron chi connectivity index (χ1n) is 10.4. The van der Waals surface area contributed by atoms with E-state index < -0.39 is 15.8 Å². The lowest BCUT2D eigenvalue weighted by molar-refractivity contribution is -0.127. The Balaban J connectivity index is 1.43. The lowest BCUT2D eigenvalue weighted by Crippen LogP contribution is -2.44. The Bertz CT molecular complexity index is 758. The van der Waals surface area contributed by atoms with Gasteiger partial charge in [-0.25, -0.2) is 17.5 Å². The van der Waals surface area contributed by atoms with Gasteiger partial charge in [-0.05, 0) is 74.6 Å². The molecular weight excluding hydrogens is 379 g/mol. The first kappa shape index (κ1) is 21.2. The van der Waals surface area contributed by atoms with E-state index in [2.05, 4.69) is 17.0 Å². The molecule has 2 aliphatic rings. The predicted molar refractivity (Wildman–Crippen MR) is 107 cm³/mol. The van der Waals surface area contributed by atoms with Gasteiger partial charge in [0.15, 0.2) is 0 Å². The van der Waals surface area contributed by atoms with Crippen LogP contribution >= 0.6 is 0 Å². The van der Waals surface area contributed by atoms with Crippen LogP contribution in [0.1, 0.15) is 58.3 Å². The van der Waals surface area contributed by atoms with Gasteiger partial charge in [-0.15, -0.1) is 0 Å². The normalized spacial score (nSPS) is 28.6. The second-order valence-corrected chi connectivity index (χ2v) is 10.2. The summed E-state index contributed by atoms with van der Waals surface area (Å²) < 4.78 is 40.2. The highest BCUT2D eigenvalue weighted by Gasteiger charge is 2.30. The molecule has 28 heavy (non-hydrogen) atoms. The van der Waals surface area contributed by atoms with Crippen molar-refractivity contribution >= 4 is 15.9 Å². The van der Waals surface area contributed by atoms with Crippen LogP contribution in [-0.4, -0.2) is 26.9 Å². The van der Waals surface area contributed by atoms with Gasteiger partial charge in [0.25, 0.3) is 0 Å². The molecule has 2 aliphatic carbocycles. The van der Waals surface area contributed by atoms with Crippen molar-refractivity contribution in [2.45, 2.75) is 69.2 Å². The number of carbonyl (C=O) groups excluding carboxylic acids is 1. The molecule has 0 radical (unpaired) electrons. The van der Waals surface area contributed by atoms with E-state index in [1.807, 2.05) is 0 Å². The van der Waals surface area contributed by atoms with E-state index in [9.17, 15) is 17.6 Å². The highest BCUT2D eigenvalue weighted by atomic mass is 32.2. The molecule has 2 fully saturated rings. The Morgan fingerprint density at radius 2 is 1.68 bits per heavy atom. The van der Waals surface area contributed by atoms with Crippen LogP contribution < -0.4 is 10.0 Å². The first-order chi connectivity index (χ1) is 13.3. The van der Waals surface area contributed by atoms with Crippen LogP contribution in [0.2, 0.25) is 0 Å². The van der Waals surface area contributed by atoms with E-state index in [0.717, 1.165) is 44.2 Å². The molecule has 0 spiro atoms. The zero-order valence-electron chi connectivity index (χ0n) is 16.5. The second kappa shape index (κ2) is 9.35. The lowest BCUT2D eigenvalue weighted by Gasteiger charge is -2.33. The maximum Gasteiger partial charge on any atom is 0.240 e. The van der Waals surface area contributed by atoms with Crippen LogP contribution in [0.3, 0.4) is 0 Å². The number of amides is 1. The highest BCUT2D eigenvalue weighted by molar-refractivity contribution is 7.89. The maximum absolute atomic E-state index is 13.0. The summed E-state index contributed by atoms with van der Waals surface area (Å²) >= 11 is 0. The summed E-state index contributed by atoms with van der Waals surface area (Å²) in [7, 11) is -3.63. The van der Waals surface area contributed by atoms with Crippen molar-refractivity contribution in [3.8, 4) is 0 Å². The van der Waals surface area contributed by atoms with Crippen molar-refractivity contribution in [3.63, 3.8) is 0 Å². The predicted octanol–water partition coefficient (Wildman–Crippen LogP) is 3.61. The van der Waals surface area contributed by atoms with Crippen molar-refractivity contribution in [2.24, 2.45) is 17.8 Å². The molecule has 2 N–H and O–H groups in total. The Morgan fingerprint density at radius 1 is 1.04 bits per heavy atom. The van der Waals surface area contributed by atoms with Gasteiger partial charge in [0.2, 0.25) is 15.9 Å². The number of carbonyl (C=O) groups is 1. The maximum atomic E-state index is 13.0. The molecule has 0 unspecified atom stereocenters. The number of benzene rings is 1. The minimum atomic E-state index is -3.63. The molecule has 3 rings (SSSR count). The number of sulfonamides is 1. The molecule has 1 aromatic carbocycles. The fraction of sp³-hybridized carbons (Fsp3) is 0.667. The van der Waals surface area contributed by atoms with Crippen molar-refractivity contribution in [3.05, 3.63) is 30.1 Å². The smallest absolute Gasteiger partial charge is 0.240 e. The van der Waals surface area contributed by atoms with Crippen molar-refractivity contribution in [1.29, 1.82) is 0 Å². The minimum absolute atomic E-state index is 0.0408. The van der Waals surface area contributed by atoms with Gasteiger partial charge < -0.3 is 5.32 Å². The third-order valence-electron chi connectivity index (χ3n) is 6.34. The summed E-state index contributed by atoms with van der Waals surface area (Å²) in [6.07, 6.45) is 7.99. The van der Waals surface area contributed by atoms with Crippen LogP contribution in [0.4, 0.5) is 4.39 Å². The Labute approximate surface area is 167 Å². The molecule has 156 valence electrons. The van der Waals surface area contributed by atoms with Crippen LogP contribution in [0, 0.1) is 23.6 Å². The summed E-state index contributed by atoms with van der Waals surface area (Å²) in [5.74, 6) is 0.532. The molecule has 0 heterocycles.